The van der Waals surface area contributed by atoms with Crippen LogP contribution >= 0.6 is 12.2 Å². The summed E-state index contributed by atoms with van der Waals surface area (Å²) in [6.45, 7) is 8.44. The lowest BCUT2D eigenvalue weighted by Crippen LogP contribution is -2.70. The first kappa shape index (κ1) is 22.7. The summed E-state index contributed by atoms with van der Waals surface area (Å²) in [5.41, 5.74) is -5.45. The first-order valence-electron chi connectivity index (χ1n) is 10.9. The maximum Gasteiger partial charge on any atom is 0.303 e. The predicted molar refractivity (Wildman–Crippen MR) is 116 cm³/mol. The molecule has 0 amide bonds. The molecular formula is C24H30F2O4S. The molecule has 4 nitrogen and oxygen atoms in total. The molecule has 0 aliphatic heterocycles. The van der Waals surface area contributed by atoms with E-state index in [0.29, 0.717) is 11.3 Å². The number of thiocarbonyl (C=S) groups is 1. The quantitative estimate of drug-likeness (QED) is 0.502. The fourth-order valence-corrected chi connectivity index (χ4v) is 8.27. The van der Waals surface area contributed by atoms with Crippen LogP contribution in [-0.4, -0.2) is 45.3 Å². The Morgan fingerprint density at radius 3 is 2.48 bits per heavy atom. The maximum atomic E-state index is 17.1. The summed E-state index contributed by atoms with van der Waals surface area (Å²) in [6.07, 6.45) is 1.35. The third kappa shape index (κ3) is 2.56. The Balaban J connectivity index is 1.89. The summed E-state index contributed by atoms with van der Waals surface area (Å²) in [4.78, 5) is 24.5. The molecule has 3 saturated carbocycles. The second-order valence-electron chi connectivity index (χ2n) is 10.4. The minimum absolute atomic E-state index is 0.0257. The van der Waals surface area contributed by atoms with E-state index in [1.165, 1.54) is 25.2 Å². The van der Waals surface area contributed by atoms with Crippen molar-refractivity contribution in [3.8, 4) is 0 Å². The third-order valence-corrected chi connectivity index (χ3v) is 9.30. The molecule has 3 fully saturated rings. The molecule has 0 aromatic carbocycles. The summed E-state index contributed by atoms with van der Waals surface area (Å²) in [5, 5.41) is 11.3. The molecule has 0 aromatic heterocycles. The van der Waals surface area contributed by atoms with Gasteiger partial charge in [0.1, 0.15) is 6.17 Å². The molecule has 4 unspecified atom stereocenters. The zero-order valence-electron chi connectivity index (χ0n) is 18.6. The van der Waals surface area contributed by atoms with Crippen LogP contribution in [-0.2, 0) is 14.3 Å². The first-order valence-corrected chi connectivity index (χ1v) is 11.3. The molecule has 0 saturated heterocycles. The SMILES string of the molecule is CC(=O)OC1(C(C)=S)C(C)C[C@H]2[C@@H]3CC(F)C4=CC(=O)C=C[C@]4(C)[C@@]3(F)C(O)C[C@@]21C. The van der Waals surface area contributed by atoms with Gasteiger partial charge in [0.05, 0.1) is 6.10 Å². The number of aliphatic hydroxyl groups is 1. The van der Waals surface area contributed by atoms with E-state index in [-0.39, 0.29) is 36.0 Å². The lowest BCUT2D eigenvalue weighted by atomic mass is 9.44. The molecule has 0 radical (unpaired) electrons. The summed E-state index contributed by atoms with van der Waals surface area (Å²) >= 11 is 5.58. The summed E-state index contributed by atoms with van der Waals surface area (Å²) in [7, 11) is 0. The van der Waals surface area contributed by atoms with E-state index < -0.39 is 46.3 Å². The van der Waals surface area contributed by atoms with Crippen LogP contribution in [0.1, 0.15) is 53.9 Å². The second-order valence-corrected chi connectivity index (χ2v) is 11.0. The van der Waals surface area contributed by atoms with Crippen LogP contribution in [0.5, 0.6) is 0 Å². The van der Waals surface area contributed by atoms with Crippen molar-refractivity contribution in [2.75, 3.05) is 0 Å². The van der Waals surface area contributed by atoms with E-state index >= 15 is 8.78 Å². The average Bonchev–Trinajstić information content (AvgIpc) is 2.87. The van der Waals surface area contributed by atoms with Gasteiger partial charge in [-0.25, -0.2) is 8.78 Å². The molecule has 1 N–H and O–H groups in total. The molecular weight excluding hydrogens is 422 g/mol. The van der Waals surface area contributed by atoms with Crippen LogP contribution in [0.2, 0.25) is 0 Å². The minimum atomic E-state index is -2.15. The van der Waals surface area contributed by atoms with Gasteiger partial charge in [-0.15, -0.1) is 0 Å². The second kappa shape index (κ2) is 6.77. The van der Waals surface area contributed by atoms with Gasteiger partial charge in [0.25, 0.3) is 0 Å². The number of hydrogen-bond donors (Lipinski definition) is 1. The van der Waals surface area contributed by atoms with Crippen LogP contribution in [0, 0.1) is 28.6 Å². The number of ether oxygens (including phenoxy) is 1. The fourth-order valence-electron chi connectivity index (χ4n) is 7.79. The van der Waals surface area contributed by atoms with Crippen molar-refractivity contribution in [1.82, 2.24) is 0 Å². The Bertz CT molecular complexity index is 931. The molecule has 0 spiro atoms. The predicted octanol–water partition coefficient (Wildman–Crippen LogP) is 4.24. The number of hydrogen-bond acceptors (Lipinski definition) is 5. The number of carbonyl (C=O) groups is 2. The molecule has 4 aliphatic rings. The molecule has 4 rings (SSSR count). The van der Waals surface area contributed by atoms with Crippen LogP contribution < -0.4 is 0 Å². The lowest BCUT2D eigenvalue weighted by molar-refractivity contribution is -0.220. The molecule has 31 heavy (non-hydrogen) atoms. The van der Waals surface area contributed by atoms with Gasteiger partial charge in [0.2, 0.25) is 0 Å². The number of fused-ring (bicyclic) bond motifs is 5. The van der Waals surface area contributed by atoms with Crippen LogP contribution in [0.4, 0.5) is 8.78 Å². The number of halogens is 2. The van der Waals surface area contributed by atoms with Crippen molar-refractivity contribution >= 4 is 28.8 Å². The highest BCUT2D eigenvalue weighted by Gasteiger charge is 2.76. The van der Waals surface area contributed by atoms with Crippen molar-refractivity contribution in [3.05, 3.63) is 23.8 Å². The molecule has 4 aliphatic carbocycles. The van der Waals surface area contributed by atoms with Crippen molar-refractivity contribution in [2.45, 2.75) is 77.4 Å². The number of rotatable bonds is 2. The standard InChI is InChI=1S/C24H30F2O4S/c1-12-8-16-17-10-19(25)18-9-15(28)6-7-21(18,4)23(17,26)20(29)11-22(16,5)24(12,13(2)31)30-14(3)27/h6-7,9,12,16-17,19-20,29H,8,10-11H2,1-5H3/t12?,16-,17-,19?,20?,21-,22-,23-,24?/m0/s1. The first-order chi connectivity index (χ1) is 14.3. The molecule has 0 heterocycles. The minimum Gasteiger partial charge on any atom is -0.453 e. The number of esters is 1. The summed E-state index contributed by atoms with van der Waals surface area (Å²) < 4.78 is 38.5. The van der Waals surface area contributed by atoms with Crippen molar-refractivity contribution < 1.29 is 28.2 Å². The Kier molecular flexibility index (Phi) is 4.96. The van der Waals surface area contributed by atoms with Gasteiger partial charge in [0.15, 0.2) is 17.1 Å². The van der Waals surface area contributed by atoms with E-state index in [1.807, 2.05) is 13.8 Å². The normalized spacial score (nSPS) is 50.8. The van der Waals surface area contributed by atoms with Crippen LogP contribution in [0.15, 0.2) is 23.8 Å². The van der Waals surface area contributed by atoms with Crippen molar-refractivity contribution in [3.63, 3.8) is 0 Å². The number of allylic oxidation sites excluding steroid dienone is 4. The number of carbonyl (C=O) groups excluding carboxylic acids is 2. The van der Waals surface area contributed by atoms with Gasteiger partial charge in [-0.3, -0.25) is 9.59 Å². The molecule has 7 heteroatoms. The fraction of sp³-hybridized carbons (Fsp3) is 0.708. The van der Waals surface area contributed by atoms with Crippen LogP contribution in [0.3, 0.4) is 0 Å². The Morgan fingerprint density at radius 2 is 1.90 bits per heavy atom. The van der Waals surface area contributed by atoms with E-state index in [0.717, 1.165) is 0 Å². The number of aliphatic hydroxyl groups excluding tert-OH is 1. The Morgan fingerprint density at radius 1 is 1.26 bits per heavy atom. The van der Waals surface area contributed by atoms with Crippen LogP contribution in [0.25, 0.3) is 0 Å². The number of ketones is 1. The van der Waals surface area contributed by atoms with Gasteiger partial charge in [-0.05, 0) is 56.8 Å². The highest BCUT2D eigenvalue weighted by atomic mass is 32.1. The Hall–Kier alpha value is -1.47. The smallest absolute Gasteiger partial charge is 0.303 e. The van der Waals surface area contributed by atoms with E-state index in [2.05, 4.69) is 0 Å². The van der Waals surface area contributed by atoms with Gasteiger partial charge >= 0.3 is 5.97 Å². The zero-order chi connectivity index (χ0) is 23.1. The Labute approximate surface area is 187 Å². The van der Waals surface area contributed by atoms with E-state index in [4.69, 9.17) is 17.0 Å². The average molecular weight is 453 g/mol. The van der Waals surface area contributed by atoms with Gasteiger partial charge in [0, 0.05) is 34.5 Å². The lowest BCUT2D eigenvalue weighted by Gasteiger charge is -2.63. The van der Waals surface area contributed by atoms with Gasteiger partial charge in [-0.2, -0.15) is 0 Å². The monoisotopic (exact) mass is 452 g/mol. The van der Waals surface area contributed by atoms with Crippen molar-refractivity contribution in [1.29, 1.82) is 0 Å². The van der Waals surface area contributed by atoms with Crippen molar-refractivity contribution in [2.24, 2.45) is 28.6 Å². The molecule has 170 valence electrons. The van der Waals surface area contributed by atoms with Gasteiger partial charge < -0.3 is 9.84 Å². The zero-order valence-corrected chi connectivity index (χ0v) is 19.4. The third-order valence-electron chi connectivity index (χ3n) is 9.00. The summed E-state index contributed by atoms with van der Waals surface area (Å²) in [5.74, 6) is -2.22. The van der Waals surface area contributed by atoms with E-state index in [9.17, 15) is 14.7 Å². The van der Waals surface area contributed by atoms with E-state index in [1.54, 1.807) is 13.8 Å². The molecule has 0 bridgehead atoms. The molecule has 0 aromatic rings. The number of alkyl halides is 2. The maximum absolute atomic E-state index is 17.1. The largest absolute Gasteiger partial charge is 0.453 e. The molecule has 9 atom stereocenters. The van der Waals surface area contributed by atoms with Gasteiger partial charge in [-0.1, -0.05) is 32.1 Å². The summed E-state index contributed by atoms with van der Waals surface area (Å²) in [6, 6.07) is 0. The topological polar surface area (TPSA) is 63.6 Å². The highest BCUT2D eigenvalue weighted by molar-refractivity contribution is 7.80. The highest BCUT2D eigenvalue weighted by Crippen LogP contribution is 2.71.